The molecule has 1 atom stereocenters. The second kappa shape index (κ2) is 11.9. The molecule has 3 heterocycles. The van der Waals surface area contributed by atoms with Crippen LogP contribution in [0.4, 0.5) is 0 Å². The Hall–Kier alpha value is -0.750. The maximum absolute atomic E-state index is 5.51. The van der Waals surface area contributed by atoms with Crippen molar-refractivity contribution in [3.05, 3.63) is 38.5 Å². The first-order chi connectivity index (χ1) is 12.8. The number of aryl methyl sites for hydroxylation is 1. The molecule has 9 heteroatoms. The maximum Gasteiger partial charge on any atom is 0.191 e. The van der Waals surface area contributed by atoms with E-state index in [1.807, 2.05) is 24.6 Å². The number of hydrogen-bond donors (Lipinski definition) is 2. The van der Waals surface area contributed by atoms with E-state index >= 15 is 0 Å². The molecule has 2 aromatic rings. The molecule has 0 amide bonds. The molecule has 0 radical (unpaired) electrons. The summed E-state index contributed by atoms with van der Waals surface area (Å²) in [6, 6.07) is 4.67. The smallest absolute Gasteiger partial charge is 0.191 e. The Bertz CT molecular complexity index is 686. The number of nitrogens with one attached hydrogen (secondary N) is 2. The van der Waals surface area contributed by atoms with E-state index < -0.39 is 0 Å². The van der Waals surface area contributed by atoms with Gasteiger partial charge in [0.1, 0.15) is 5.01 Å². The highest BCUT2D eigenvalue weighted by Crippen LogP contribution is 2.25. The lowest BCUT2D eigenvalue weighted by Gasteiger charge is -2.34. The van der Waals surface area contributed by atoms with E-state index in [1.54, 1.807) is 11.3 Å². The van der Waals surface area contributed by atoms with Crippen molar-refractivity contribution in [1.29, 1.82) is 0 Å². The fourth-order valence-electron chi connectivity index (χ4n) is 2.95. The Labute approximate surface area is 186 Å². The Kier molecular flexibility index (Phi) is 9.98. The molecule has 6 nitrogen and oxygen atoms in total. The standard InChI is InChI=1S/C18H27N5OS2.HI/c1-3-14-11-20-17(26-14)13-22-18(19-2)21-12-15(16-5-4-10-25-16)23-6-8-24-9-7-23;/h4-5,10-11,15H,3,6-9,12-13H2,1-2H3,(H2,19,21,22);1H. The molecule has 1 saturated heterocycles. The third kappa shape index (κ3) is 6.67. The summed E-state index contributed by atoms with van der Waals surface area (Å²) in [5.74, 6) is 0.813. The van der Waals surface area contributed by atoms with Gasteiger partial charge in [-0.1, -0.05) is 13.0 Å². The molecule has 2 N–H and O–H groups in total. The lowest BCUT2D eigenvalue weighted by atomic mass is 10.2. The average molecular weight is 521 g/mol. The molecule has 1 fully saturated rings. The highest BCUT2D eigenvalue weighted by atomic mass is 127. The number of aromatic nitrogens is 1. The van der Waals surface area contributed by atoms with Crippen LogP contribution >= 0.6 is 46.7 Å². The number of rotatable bonds is 7. The number of nitrogens with zero attached hydrogens (tertiary/aromatic N) is 3. The van der Waals surface area contributed by atoms with Gasteiger partial charge in [0, 0.05) is 42.6 Å². The number of guanidine groups is 1. The van der Waals surface area contributed by atoms with Gasteiger partial charge >= 0.3 is 0 Å². The summed E-state index contributed by atoms with van der Waals surface area (Å²) in [6.07, 6.45) is 3.00. The van der Waals surface area contributed by atoms with Crippen molar-refractivity contribution in [3.63, 3.8) is 0 Å². The van der Waals surface area contributed by atoms with Gasteiger partial charge in [-0.2, -0.15) is 0 Å². The minimum absolute atomic E-state index is 0. The third-order valence-corrected chi connectivity index (χ3v) is 6.52. The quantitative estimate of drug-likeness (QED) is 0.333. The van der Waals surface area contributed by atoms with Crippen molar-refractivity contribution in [2.45, 2.75) is 25.9 Å². The zero-order valence-electron chi connectivity index (χ0n) is 15.8. The minimum atomic E-state index is 0. The molecule has 0 aromatic carbocycles. The van der Waals surface area contributed by atoms with E-state index in [1.165, 1.54) is 9.75 Å². The van der Waals surface area contributed by atoms with Gasteiger partial charge in [0.2, 0.25) is 0 Å². The molecular weight excluding hydrogens is 493 g/mol. The van der Waals surface area contributed by atoms with Crippen LogP contribution in [0.2, 0.25) is 0 Å². The number of thiophene rings is 1. The minimum Gasteiger partial charge on any atom is -0.379 e. The normalized spacial score (nSPS) is 16.6. The second-order valence-electron chi connectivity index (χ2n) is 6.06. The van der Waals surface area contributed by atoms with Gasteiger partial charge in [0.15, 0.2) is 5.96 Å². The summed E-state index contributed by atoms with van der Waals surface area (Å²) in [7, 11) is 1.81. The number of halogens is 1. The Morgan fingerprint density at radius 2 is 2.19 bits per heavy atom. The molecule has 3 rings (SSSR count). The van der Waals surface area contributed by atoms with Gasteiger partial charge in [0.05, 0.1) is 25.8 Å². The molecule has 0 bridgehead atoms. The van der Waals surface area contributed by atoms with E-state index in [4.69, 9.17) is 4.74 Å². The highest BCUT2D eigenvalue weighted by molar-refractivity contribution is 14.0. The van der Waals surface area contributed by atoms with Crippen molar-refractivity contribution in [2.24, 2.45) is 4.99 Å². The van der Waals surface area contributed by atoms with Crippen LogP contribution in [0.15, 0.2) is 28.7 Å². The molecule has 0 aliphatic carbocycles. The predicted octanol–water partition coefficient (Wildman–Crippen LogP) is 3.12. The lowest BCUT2D eigenvalue weighted by Crippen LogP contribution is -2.46. The largest absolute Gasteiger partial charge is 0.379 e. The average Bonchev–Trinajstić information content (AvgIpc) is 3.37. The van der Waals surface area contributed by atoms with Gasteiger partial charge in [0.25, 0.3) is 0 Å². The third-order valence-electron chi connectivity index (χ3n) is 4.40. The van der Waals surface area contributed by atoms with E-state index in [-0.39, 0.29) is 24.0 Å². The molecule has 150 valence electrons. The van der Waals surface area contributed by atoms with Crippen LogP contribution in [-0.2, 0) is 17.7 Å². The van der Waals surface area contributed by atoms with Crippen molar-refractivity contribution in [3.8, 4) is 0 Å². The van der Waals surface area contributed by atoms with Gasteiger partial charge in [-0.3, -0.25) is 9.89 Å². The first-order valence-electron chi connectivity index (χ1n) is 9.03. The van der Waals surface area contributed by atoms with Crippen molar-refractivity contribution in [1.82, 2.24) is 20.5 Å². The monoisotopic (exact) mass is 521 g/mol. The second-order valence-corrected chi connectivity index (χ2v) is 8.24. The SMILES string of the molecule is CCc1cnc(CNC(=NC)NCC(c2cccs2)N2CCOCC2)s1.I. The van der Waals surface area contributed by atoms with Crippen LogP contribution in [0.25, 0.3) is 0 Å². The summed E-state index contributed by atoms with van der Waals surface area (Å²) < 4.78 is 5.51. The number of ether oxygens (including phenoxy) is 1. The first kappa shape index (κ1) is 22.5. The number of aliphatic imine (C=N–C) groups is 1. The summed E-state index contributed by atoms with van der Waals surface area (Å²) in [4.78, 5) is 14.0. The number of hydrogen-bond acceptors (Lipinski definition) is 6. The highest BCUT2D eigenvalue weighted by Gasteiger charge is 2.23. The van der Waals surface area contributed by atoms with Crippen LogP contribution in [-0.4, -0.2) is 55.7 Å². The van der Waals surface area contributed by atoms with Gasteiger partial charge in [-0.05, 0) is 17.9 Å². The summed E-state index contributed by atoms with van der Waals surface area (Å²) >= 11 is 3.56. The molecule has 0 saturated carbocycles. The van der Waals surface area contributed by atoms with Crippen LogP contribution in [0.5, 0.6) is 0 Å². The van der Waals surface area contributed by atoms with E-state index in [0.29, 0.717) is 12.6 Å². The molecule has 1 aliphatic rings. The van der Waals surface area contributed by atoms with E-state index in [9.17, 15) is 0 Å². The fraction of sp³-hybridized carbons (Fsp3) is 0.556. The first-order valence-corrected chi connectivity index (χ1v) is 10.7. The van der Waals surface area contributed by atoms with Gasteiger partial charge in [-0.25, -0.2) is 4.98 Å². The molecule has 27 heavy (non-hydrogen) atoms. The Morgan fingerprint density at radius 3 is 2.81 bits per heavy atom. The van der Waals surface area contributed by atoms with Crippen LogP contribution < -0.4 is 10.6 Å². The zero-order chi connectivity index (χ0) is 18.2. The van der Waals surface area contributed by atoms with Gasteiger partial charge in [-0.15, -0.1) is 46.7 Å². The molecule has 1 aliphatic heterocycles. The van der Waals surface area contributed by atoms with E-state index in [2.05, 4.69) is 49.9 Å². The summed E-state index contributed by atoms with van der Waals surface area (Å²) in [5.41, 5.74) is 0. The fourth-order valence-corrected chi connectivity index (χ4v) is 4.61. The Balaban J connectivity index is 0.00000261. The topological polar surface area (TPSA) is 61.8 Å². The molecule has 0 spiro atoms. The van der Waals surface area contributed by atoms with Crippen molar-refractivity contribution in [2.75, 3.05) is 39.9 Å². The van der Waals surface area contributed by atoms with Gasteiger partial charge < -0.3 is 15.4 Å². The van der Waals surface area contributed by atoms with Crippen LogP contribution in [0, 0.1) is 0 Å². The van der Waals surface area contributed by atoms with Crippen molar-refractivity contribution < 1.29 is 4.74 Å². The Morgan fingerprint density at radius 1 is 1.37 bits per heavy atom. The summed E-state index contributed by atoms with van der Waals surface area (Å²) in [6.45, 7) is 7.22. The van der Waals surface area contributed by atoms with Crippen LogP contribution in [0.1, 0.15) is 27.7 Å². The molecule has 2 aromatic heterocycles. The maximum atomic E-state index is 5.51. The molecular formula is C18H28IN5OS2. The van der Waals surface area contributed by atoms with E-state index in [0.717, 1.165) is 50.2 Å². The van der Waals surface area contributed by atoms with Crippen molar-refractivity contribution >= 4 is 52.6 Å². The van der Waals surface area contributed by atoms with Crippen LogP contribution in [0.3, 0.4) is 0 Å². The predicted molar refractivity (Wildman–Crippen MR) is 125 cm³/mol. The summed E-state index contributed by atoms with van der Waals surface area (Å²) in [5, 5.41) is 10.1. The lowest BCUT2D eigenvalue weighted by molar-refractivity contribution is 0.0177. The zero-order valence-corrected chi connectivity index (χ0v) is 19.8. The number of morpholine rings is 1. The number of thiazole rings is 1. The molecule has 1 unspecified atom stereocenters.